The molecule has 0 bridgehead atoms. The van der Waals surface area contributed by atoms with Crippen LogP contribution in [-0.2, 0) is 6.42 Å². The average Bonchev–Trinajstić information content (AvgIpc) is 2.91. The molecule has 1 aliphatic carbocycles. The lowest BCUT2D eigenvalue weighted by molar-refractivity contribution is 0.0961. The SMILES string of the molecule is CC(=O)c1c(C)nn2c3c(cnc12)C(=O)CC(c1ccccc1C)C3. The Morgan fingerprint density at radius 2 is 1.96 bits per heavy atom. The standard InChI is InChI=1S/C20H19N3O2/c1-11-6-4-5-7-15(11)14-8-17-16(18(25)9-14)10-21-20-19(13(3)24)12(2)22-23(17)20/h4-7,10,14H,8-9H2,1-3H3. The number of ketones is 2. The number of hydrogen-bond acceptors (Lipinski definition) is 4. The average molecular weight is 333 g/mol. The molecule has 1 aromatic carbocycles. The summed E-state index contributed by atoms with van der Waals surface area (Å²) < 4.78 is 1.70. The Hall–Kier alpha value is -2.82. The van der Waals surface area contributed by atoms with Gasteiger partial charge in [0.05, 0.1) is 22.5 Å². The van der Waals surface area contributed by atoms with E-state index in [2.05, 4.69) is 29.1 Å². The summed E-state index contributed by atoms with van der Waals surface area (Å²) >= 11 is 0. The molecule has 0 saturated carbocycles. The number of carbonyl (C=O) groups is 2. The number of Topliss-reactive ketones (excluding diaryl/α,β-unsaturated/α-hetero) is 2. The second-order valence-electron chi connectivity index (χ2n) is 6.76. The number of rotatable bonds is 2. The third kappa shape index (κ3) is 2.38. The van der Waals surface area contributed by atoms with E-state index in [1.54, 1.807) is 17.6 Å². The van der Waals surface area contributed by atoms with Crippen LogP contribution in [-0.4, -0.2) is 26.2 Å². The van der Waals surface area contributed by atoms with E-state index in [-0.39, 0.29) is 17.5 Å². The van der Waals surface area contributed by atoms with Crippen molar-refractivity contribution in [3.8, 4) is 0 Å². The molecule has 0 N–H and O–H groups in total. The number of aromatic nitrogens is 3. The first-order valence-electron chi connectivity index (χ1n) is 8.44. The normalized spacial score (nSPS) is 16.9. The fraction of sp³-hybridized carbons (Fsp3) is 0.300. The van der Waals surface area contributed by atoms with Gasteiger partial charge in [0.1, 0.15) is 0 Å². The molecule has 0 aliphatic heterocycles. The minimum atomic E-state index is -0.0578. The molecule has 2 heterocycles. The van der Waals surface area contributed by atoms with Crippen molar-refractivity contribution in [1.29, 1.82) is 0 Å². The zero-order valence-corrected chi connectivity index (χ0v) is 14.5. The van der Waals surface area contributed by atoms with Crippen molar-refractivity contribution in [1.82, 2.24) is 14.6 Å². The fourth-order valence-corrected chi connectivity index (χ4v) is 3.88. The predicted octanol–water partition coefficient (Wildman–Crippen LogP) is 3.46. The third-order valence-electron chi connectivity index (χ3n) is 5.07. The number of benzene rings is 1. The highest BCUT2D eigenvalue weighted by Gasteiger charge is 2.30. The van der Waals surface area contributed by atoms with Gasteiger partial charge in [-0.1, -0.05) is 24.3 Å². The van der Waals surface area contributed by atoms with Gasteiger partial charge >= 0.3 is 0 Å². The van der Waals surface area contributed by atoms with E-state index in [0.717, 1.165) is 5.69 Å². The van der Waals surface area contributed by atoms with Crippen LogP contribution in [0.4, 0.5) is 0 Å². The van der Waals surface area contributed by atoms with Crippen LogP contribution in [0.3, 0.4) is 0 Å². The highest BCUT2D eigenvalue weighted by Crippen LogP contribution is 2.34. The van der Waals surface area contributed by atoms with E-state index in [9.17, 15) is 9.59 Å². The Labute approximate surface area is 145 Å². The molecule has 1 atom stereocenters. The van der Waals surface area contributed by atoms with Gasteiger partial charge < -0.3 is 0 Å². The van der Waals surface area contributed by atoms with Gasteiger partial charge in [0, 0.05) is 12.6 Å². The van der Waals surface area contributed by atoms with Gasteiger partial charge in [0.25, 0.3) is 0 Å². The summed E-state index contributed by atoms with van der Waals surface area (Å²) in [5, 5.41) is 4.51. The monoisotopic (exact) mass is 333 g/mol. The van der Waals surface area contributed by atoms with Gasteiger partial charge in [-0.3, -0.25) is 9.59 Å². The molecule has 0 amide bonds. The summed E-state index contributed by atoms with van der Waals surface area (Å²) in [7, 11) is 0. The van der Waals surface area contributed by atoms with E-state index in [1.807, 2.05) is 12.1 Å². The Morgan fingerprint density at radius 3 is 2.68 bits per heavy atom. The molecule has 3 aromatic rings. The molecule has 4 rings (SSSR count). The molecule has 2 aromatic heterocycles. The molecular formula is C20H19N3O2. The third-order valence-corrected chi connectivity index (χ3v) is 5.07. The van der Waals surface area contributed by atoms with E-state index < -0.39 is 0 Å². The maximum atomic E-state index is 12.7. The van der Waals surface area contributed by atoms with Crippen LogP contribution in [0.2, 0.25) is 0 Å². The Morgan fingerprint density at radius 1 is 1.20 bits per heavy atom. The molecule has 5 heteroatoms. The van der Waals surface area contributed by atoms with Crippen LogP contribution in [0.15, 0.2) is 30.5 Å². The summed E-state index contributed by atoms with van der Waals surface area (Å²) in [6.07, 6.45) is 2.79. The van der Waals surface area contributed by atoms with E-state index in [1.165, 1.54) is 18.1 Å². The second kappa shape index (κ2) is 5.62. The summed E-state index contributed by atoms with van der Waals surface area (Å²) in [4.78, 5) is 29.0. The molecule has 25 heavy (non-hydrogen) atoms. The minimum Gasteiger partial charge on any atom is -0.294 e. The highest BCUT2D eigenvalue weighted by atomic mass is 16.1. The van der Waals surface area contributed by atoms with Crippen molar-refractivity contribution >= 4 is 17.2 Å². The molecule has 1 unspecified atom stereocenters. The second-order valence-corrected chi connectivity index (χ2v) is 6.76. The van der Waals surface area contributed by atoms with Crippen molar-refractivity contribution < 1.29 is 9.59 Å². The molecule has 0 radical (unpaired) electrons. The molecule has 5 nitrogen and oxygen atoms in total. The van der Waals surface area contributed by atoms with Gasteiger partial charge in [-0.05, 0) is 44.2 Å². The first kappa shape index (κ1) is 15.7. The van der Waals surface area contributed by atoms with Crippen LogP contribution in [0.5, 0.6) is 0 Å². The van der Waals surface area contributed by atoms with Crippen molar-refractivity contribution in [2.24, 2.45) is 0 Å². The van der Waals surface area contributed by atoms with Crippen LogP contribution < -0.4 is 0 Å². The number of fused-ring (bicyclic) bond motifs is 3. The zero-order chi connectivity index (χ0) is 17.7. The summed E-state index contributed by atoms with van der Waals surface area (Å²) in [6.45, 7) is 5.40. The maximum Gasteiger partial charge on any atom is 0.166 e. The highest BCUT2D eigenvalue weighted by molar-refractivity contribution is 6.02. The lowest BCUT2D eigenvalue weighted by Crippen LogP contribution is -2.23. The molecule has 0 saturated heterocycles. The van der Waals surface area contributed by atoms with E-state index >= 15 is 0 Å². The number of hydrogen-bond donors (Lipinski definition) is 0. The zero-order valence-electron chi connectivity index (χ0n) is 14.5. The largest absolute Gasteiger partial charge is 0.294 e. The number of aryl methyl sites for hydroxylation is 2. The van der Waals surface area contributed by atoms with Crippen molar-refractivity contribution in [2.75, 3.05) is 0 Å². The van der Waals surface area contributed by atoms with Crippen LogP contribution >= 0.6 is 0 Å². The number of carbonyl (C=O) groups excluding carboxylic acids is 2. The van der Waals surface area contributed by atoms with Crippen LogP contribution in [0.1, 0.15) is 62.5 Å². The first-order valence-corrected chi connectivity index (χ1v) is 8.44. The van der Waals surface area contributed by atoms with Crippen LogP contribution in [0, 0.1) is 13.8 Å². The van der Waals surface area contributed by atoms with Gasteiger partial charge in [-0.15, -0.1) is 0 Å². The predicted molar refractivity (Wildman–Crippen MR) is 94.3 cm³/mol. The first-order chi connectivity index (χ1) is 12.0. The van der Waals surface area contributed by atoms with Crippen molar-refractivity contribution in [2.45, 2.75) is 39.5 Å². The van der Waals surface area contributed by atoms with Gasteiger partial charge in [-0.25, -0.2) is 9.50 Å². The smallest absolute Gasteiger partial charge is 0.166 e. The Balaban J connectivity index is 1.90. The van der Waals surface area contributed by atoms with E-state index in [0.29, 0.717) is 35.3 Å². The van der Waals surface area contributed by atoms with E-state index in [4.69, 9.17) is 0 Å². The van der Waals surface area contributed by atoms with Crippen LogP contribution in [0.25, 0.3) is 5.65 Å². The number of nitrogens with zero attached hydrogens (tertiary/aromatic N) is 3. The van der Waals surface area contributed by atoms with Crippen molar-refractivity contribution in [3.63, 3.8) is 0 Å². The molecule has 1 aliphatic rings. The fourth-order valence-electron chi connectivity index (χ4n) is 3.88. The summed E-state index contributed by atoms with van der Waals surface area (Å²) in [5.41, 5.74) is 5.59. The molecule has 0 fully saturated rings. The topological polar surface area (TPSA) is 64.3 Å². The minimum absolute atomic E-state index is 0.0578. The van der Waals surface area contributed by atoms with Gasteiger partial charge in [0.2, 0.25) is 0 Å². The lowest BCUT2D eigenvalue weighted by Gasteiger charge is -2.25. The summed E-state index contributed by atoms with van der Waals surface area (Å²) in [5.74, 6) is 0.149. The van der Waals surface area contributed by atoms with Gasteiger partial charge in [0.15, 0.2) is 17.2 Å². The quantitative estimate of drug-likeness (QED) is 0.674. The van der Waals surface area contributed by atoms with Crippen molar-refractivity contribution in [3.05, 3.63) is 64.1 Å². The molecule has 0 spiro atoms. The van der Waals surface area contributed by atoms with Gasteiger partial charge in [-0.2, -0.15) is 5.10 Å². The Bertz CT molecular complexity index is 1030. The summed E-state index contributed by atoms with van der Waals surface area (Å²) in [6, 6.07) is 8.18. The molecular weight excluding hydrogens is 314 g/mol. The molecule has 126 valence electrons. The lowest BCUT2D eigenvalue weighted by atomic mass is 9.80. The maximum absolute atomic E-state index is 12.7. The Kier molecular flexibility index (Phi) is 3.53.